The number of hydrogen-bond acceptors (Lipinski definition) is 4. The van der Waals surface area contributed by atoms with Crippen LogP contribution in [0.1, 0.15) is 16.7 Å². The fourth-order valence-corrected chi connectivity index (χ4v) is 3.83. The standard InChI is InChI=1S/C28H27N3O3/c1-19-14-20(2)16-23(15-19)29-27(32)13-11-22-18-31(24-8-6-5-7-9-24)30-28(22)21-10-12-25(33-3)26(17-21)34-4/h5-18H,1-4H3,(H,29,32)/b13-11+. The third-order valence-electron chi connectivity index (χ3n) is 5.32. The van der Waals surface area contributed by atoms with Crippen LogP contribution in [0.15, 0.2) is 79.0 Å². The summed E-state index contributed by atoms with van der Waals surface area (Å²) in [4.78, 5) is 12.7. The molecule has 0 spiro atoms. The maximum Gasteiger partial charge on any atom is 0.248 e. The highest BCUT2D eigenvalue weighted by Crippen LogP contribution is 2.33. The second-order valence-electron chi connectivity index (χ2n) is 7.98. The Bertz CT molecular complexity index is 1320. The summed E-state index contributed by atoms with van der Waals surface area (Å²) in [6, 6.07) is 21.4. The molecule has 172 valence electrons. The summed E-state index contributed by atoms with van der Waals surface area (Å²) in [5, 5.41) is 7.74. The van der Waals surface area contributed by atoms with Crippen molar-refractivity contribution in [2.75, 3.05) is 19.5 Å². The van der Waals surface area contributed by atoms with E-state index in [1.807, 2.05) is 80.7 Å². The predicted molar refractivity (Wildman–Crippen MR) is 136 cm³/mol. The minimum absolute atomic E-state index is 0.212. The number of amides is 1. The molecule has 3 aromatic carbocycles. The number of rotatable bonds is 7. The number of hydrogen-bond donors (Lipinski definition) is 1. The van der Waals surface area contributed by atoms with E-state index in [4.69, 9.17) is 14.6 Å². The van der Waals surface area contributed by atoms with E-state index in [2.05, 4.69) is 11.4 Å². The van der Waals surface area contributed by atoms with E-state index in [1.165, 1.54) is 6.08 Å². The van der Waals surface area contributed by atoms with Gasteiger partial charge >= 0.3 is 0 Å². The SMILES string of the molecule is COc1ccc(-c2nn(-c3ccccc3)cc2/C=C/C(=O)Nc2cc(C)cc(C)c2)cc1OC. The van der Waals surface area contributed by atoms with Gasteiger partial charge < -0.3 is 14.8 Å². The van der Waals surface area contributed by atoms with E-state index >= 15 is 0 Å². The zero-order valence-electron chi connectivity index (χ0n) is 19.7. The summed E-state index contributed by atoms with van der Waals surface area (Å²) < 4.78 is 12.6. The van der Waals surface area contributed by atoms with Gasteiger partial charge in [0, 0.05) is 29.1 Å². The molecule has 0 bridgehead atoms. The first-order valence-corrected chi connectivity index (χ1v) is 10.9. The van der Waals surface area contributed by atoms with Crippen molar-refractivity contribution < 1.29 is 14.3 Å². The number of aromatic nitrogens is 2. The van der Waals surface area contributed by atoms with Crippen molar-refractivity contribution in [1.82, 2.24) is 9.78 Å². The number of para-hydroxylation sites is 1. The average Bonchev–Trinajstić information content (AvgIpc) is 3.26. The van der Waals surface area contributed by atoms with Gasteiger partial charge in [0.05, 0.1) is 19.9 Å². The molecule has 0 saturated heterocycles. The summed E-state index contributed by atoms with van der Waals surface area (Å²) in [5.41, 5.74) is 6.25. The van der Waals surface area contributed by atoms with Crippen LogP contribution in [0.2, 0.25) is 0 Å². The van der Waals surface area contributed by atoms with Crippen LogP contribution in [-0.2, 0) is 4.79 Å². The van der Waals surface area contributed by atoms with E-state index in [9.17, 15) is 4.79 Å². The Morgan fingerprint density at radius 3 is 2.29 bits per heavy atom. The summed E-state index contributed by atoms with van der Waals surface area (Å²) in [6.07, 6.45) is 5.20. The molecule has 6 nitrogen and oxygen atoms in total. The van der Waals surface area contributed by atoms with Crippen molar-refractivity contribution >= 4 is 17.7 Å². The minimum atomic E-state index is -0.212. The maximum atomic E-state index is 12.7. The topological polar surface area (TPSA) is 65.4 Å². The van der Waals surface area contributed by atoms with E-state index in [1.54, 1.807) is 25.0 Å². The Balaban J connectivity index is 1.69. The lowest BCUT2D eigenvalue weighted by molar-refractivity contribution is -0.111. The van der Waals surface area contributed by atoms with Crippen LogP contribution in [-0.4, -0.2) is 29.9 Å². The maximum absolute atomic E-state index is 12.7. The largest absolute Gasteiger partial charge is 0.493 e. The number of nitrogens with one attached hydrogen (secondary N) is 1. The number of nitrogens with zero attached hydrogens (tertiary/aromatic N) is 2. The number of ether oxygens (including phenoxy) is 2. The Hall–Kier alpha value is -4.32. The predicted octanol–water partition coefficient (Wildman–Crippen LogP) is 5.83. The van der Waals surface area contributed by atoms with Crippen LogP contribution < -0.4 is 14.8 Å². The quantitative estimate of drug-likeness (QED) is 0.358. The van der Waals surface area contributed by atoms with Crippen LogP contribution in [0.25, 0.3) is 23.0 Å². The summed E-state index contributed by atoms with van der Waals surface area (Å²) in [7, 11) is 3.20. The first-order valence-electron chi connectivity index (χ1n) is 10.9. The Labute approximate surface area is 199 Å². The molecule has 0 fully saturated rings. The zero-order chi connectivity index (χ0) is 24.1. The molecule has 0 saturated carbocycles. The highest BCUT2D eigenvalue weighted by molar-refractivity contribution is 6.02. The van der Waals surface area contributed by atoms with Crippen LogP contribution in [0, 0.1) is 13.8 Å². The highest BCUT2D eigenvalue weighted by atomic mass is 16.5. The van der Waals surface area contributed by atoms with Crippen molar-refractivity contribution in [3.8, 4) is 28.4 Å². The van der Waals surface area contributed by atoms with E-state index in [0.717, 1.165) is 39.3 Å². The second kappa shape index (κ2) is 10.1. The lowest BCUT2D eigenvalue weighted by Crippen LogP contribution is -2.08. The Morgan fingerprint density at radius 2 is 1.62 bits per heavy atom. The van der Waals surface area contributed by atoms with Crippen molar-refractivity contribution in [2.24, 2.45) is 0 Å². The van der Waals surface area contributed by atoms with Gasteiger partial charge in [0.2, 0.25) is 5.91 Å². The molecule has 1 heterocycles. The van der Waals surface area contributed by atoms with Crippen molar-refractivity contribution in [3.63, 3.8) is 0 Å². The number of aryl methyl sites for hydroxylation is 2. The number of anilines is 1. The number of carbonyl (C=O) groups excluding carboxylic acids is 1. The van der Waals surface area contributed by atoms with Gasteiger partial charge in [0.15, 0.2) is 11.5 Å². The second-order valence-corrected chi connectivity index (χ2v) is 7.98. The summed E-state index contributed by atoms with van der Waals surface area (Å²) in [5.74, 6) is 1.03. The van der Waals surface area contributed by atoms with E-state index in [-0.39, 0.29) is 5.91 Å². The first kappa shape index (κ1) is 22.9. The van der Waals surface area contributed by atoms with Crippen molar-refractivity contribution in [1.29, 1.82) is 0 Å². The molecule has 4 aromatic rings. The fourth-order valence-electron chi connectivity index (χ4n) is 3.83. The molecule has 0 aliphatic heterocycles. The number of carbonyl (C=O) groups is 1. The molecular weight excluding hydrogens is 426 g/mol. The van der Waals surface area contributed by atoms with E-state index < -0.39 is 0 Å². The molecule has 0 atom stereocenters. The molecule has 0 radical (unpaired) electrons. The van der Waals surface area contributed by atoms with Gasteiger partial charge in [0.25, 0.3) is 0 Å². The minimum Gasteiger partial charge on any atom is -0.493 e. The number of methoxy groups -OCH3 is 2. The highest BCUT2D eigenvalue weighted by Gasteiger charge is 2.14. The first-order chi connectivity index (χ1) is 16.5. The smallest absolute Gasteiger partial charge is 0.248 e. The fraction of sp³-hybridized carbons (Fsp3) is 0.143. The lowest BCUT2D eigenvalue weighted by Gasteiger charge is -2.09. The Morgan fingerprint density at radius 1 is 0.912 bits per heavy atom. The molecule has 1 amide bonds. The average molecular weight is 454 g/mol. The van der Waals surface area contributed by atoms with Crippen LogP contribution >= 0.6 is 0 Å². The normalized spacial score (nSPS) is 10.9. The third kappa shape index (κ3) is 5.18. The molecule has 0 aliphatic rings. The Kier molecular flexibility index (Phi) is 6.78. The van der Waals surface area contributed by atoms with Crippen molar-refractivity contribution in [3.05, 3.63) is 95.7 Å². The molecule has 1 N–H and O–H groups in total. The summed E-state index contributed by atoms with van der Waals surface area (Å²) in [6.45, 7) is 4.01. The molecular formula is C28H27N3O3. The van der Waals surface area contributed by atoms with Crippen LogP contribution in [0.4, 0.5) is 5.69 Å². The van der Waals surface area contributed by atoms with Crippen molar-refractivity contribution in [2.45, 2.75) is 13.8 Å². The number of benzene rings is 3. The van der Waals surface area contributed by atoms with E-state index in [0.29, 0.717) is 11.5 Å². The van der Waals surface area contributed by atoms with Crippen LogP contribution in [0.3, 0.4) is 0 Å². The van der Waals surface area contributed by atoms with Gasteiger partial charge in [-0.2, -0.15) is 5.10 Å². The monoisotopic (exact) mass is 453 g/mol. The summed E-state index contributed by atoms with van der Waals surface area (Å²) >= 11 is 0. The van der Waals surface area contributed by atoms with Gasteiger partial charge in [-0.05, 0) is 73.5 Å². The van der Waals surface area contributed by atoms with Gasteiger partial charge in [-0.1, -0.05) is 24.3 Å². The van der Waals surface area contributed by atoms with Gasteiger partial charge in [0.1, 0.15) is 5.69 Å². The molecule has 34 heavy (non-hydrogen) atoms. The van der Waals surface area contributed by atoms with Gasteiger partial charge in [-0.3, -0.25) is 4.79 Å². The van der Waals surface area contributed by atoms with Gasteiger partial charge in [-0.25, -0.2) is 4.68 Å². The molecule has 1 aromatic heterocycles. The van der Waals surface area contributed by atoms with Crippen LogP contribution in [0.5, 0.6) is 11.5 Å². The lowest BCUT2D eigenvalue weighted by atomic mass is 10.1. The molecule has 0 unspecified atom stereocenters. The molecule has 0 aliphatic carbocycles. The third-order valence-corrected chi connectivity index (χ3v) is 5.32. The molecule has 4 rings (SSSR count). The van der Waals surface area contributed by atoms with Gasteiger partial charge in [-0.15, -0.1) is 0 Å². The molecule has 6 heteroatoms. The zero-order valence-corrected chi connectivity index (χ0v) is 19.7.